The zero-order chi connectivity index (χ0) is 19.3. The minimum atomic E-state index is -3.24. The maximum atomic E-state index is 11.9. The molecule has 0 bridgehead atoms. The lowest BCUT2D eigenvalue weighted by atomic mass is 10.1. The number of carbonyl (C=O) groups excluding carboxylic acids is 1. The first kappa shape index (κ1) is 19.7. The lowest BCUT2D eigenvalue weighted by molar-refractivity contribution is -0.123. The van der Waals surface area contributed by atoms with Crippen molar-refractivity contribution in [3.63, 3.8) is 0 Å². The first-order valence-electron chi connectivity index (χ1n) is 8.01. The van der Waals surface area contributed by atoms with Crippen molar-refractivity contribution in [2.24, 2.45) is 5.10 Å². The van der Waals surface area contributed by atoms with Crippen molar-refractivity contribution < 1.29 is 17.9 Å². The van der Waals surface area contributed by atoms with E-state index in [1.165, 1.54) is 12.1 Å². The molecule has 0 saturated carbocycles. The number of ether oxygens (including phenoxy) is 1. The van der Waals surface area contributed by atoms with Gasteiger partial charge in [0.15, 0.2) is 16.4 Å². The average molecular weight is 374 g/mol. The normalized spacial score (nSPS) is 11.9. The summed E-state index contributed by atoms with van der Waals surface area (Å²) < 4.78 is 28.5. The van der Waals surface area contributed by atoms with Gasteiger partial charge in [0.25, 0.3) is 5.91 Å². The van der Waals surface area contributed by atoms with Crippen molar-refractivity contribution >= 4 is 21.5 Å². The number of carbonyl (C=O) groups is 1. The Hall–Kier alpha value is -2.67. The van der Waals surface area contributed by atoms with Crippen LogP contribution in [-0.2, 0) is 14.6 Å². The summed E-state index contributed by atoms with van der Waals surface area (Å²) in [5.74, 6) is 0.319. The van der Waals surface area contributed by atoms with Gasteiger partial charge in [-0.2, -0.15) is 5.10 Å². The smallest absolute Gasteiger partial charge is 0.277 e. The van der Waals surface area contributed by atoms with Crippen LogP contribution in [0.4, 0.5) is 0 Å². The molecule has 0 aliphatic carbocycles. The standard InChI is InChI=1S/C19H22N2O4S/c1-13-6-5-7-14(2)19(13)25-12-18(22)21-20-15(3)16-8-10-17(11-9-16)26(4,23)24/h5-11H,12H2,1-4H3,(H,21,22)/b20-15-. The summed E-state index contributed by atoms with van der Waals surface area (Å²) in [7, 11) is -3.24. The molecule has 7 heteroatoms. The van der Waals surface area contributed by atoms with E-state index in [2.05, 4.69) is 10.5 Å². The summed E-state index contributed by atoms with van der Waals surface area (Å²) >= 11 is 0. The quantitative estimate of drug-likeness (QED) is 0.622. The molecule has 138 valence electrons. The summed E-state index contributed by atoms with van der Waals surface area (Å²) in [4.78, 5) is 12.2. The van der Waals surface area contributed by atoms with Crippen molar-refractivity contribution in [2.75, 3.05) is 12.9 Å². The molecule has 6 nitrogen and oxygen atoms in total. The fourth-order valence-electron chi connectivity index (χ4n) is 2.35. The summed E-state index contributed by atoms with van der Waals surface area (Å²) in [5, 5.41) is 4.03. The lowest BCUT2D eigenvalue weighted by Gasteiger charge is -2.11. The lowest BCUT2D eigenvalue weighted by Crippen LogP contribution is -2.26. The number of nitrogens with one attached hydrogen (secondary N) is 1. The fraction of sp³-hybridized carbons (Fsp3) is 0.263. The van der Waals surface area contributed by atoms with E-state index in [4.69, 9.17) is 4.74 Å². The van der Waals surface area contributed by atoms with Crippen LogP contribution in [0.3, 0.4) is 0 Å². The minimum absolute atomic E-state index is 0.143. The molecule has 0 heterocycles. The largest absolute Gasteiger partial charge is 0.483 e. The molecule has 0 spiro atoms. The van der Waals surface area contributed by atoms with Crippen molar-refractivity contribution in [3.8, 4) is 5.75 Å². The Balaban J connectivity index is 1.97. The maximum Gasteiger partial charge on any atom is 0.277 e. The van der Waals surface area contributed by atoms with Gasteiger partial charge in [-0.05, 0) is 49.6 Å². The van der Waals surface area contributed by atoms with Crippen LogP contribution in [0.1, 0.15) is 23.6 Å². The van der Waals surface area contributed by atoms with E-state index in [0.717, 1.165) is 17.4 Å². The second-order valence-corrected chi connectivity index (χ2v) is 8.05. The molecular formula is C19H22N2O4S. The van der Waals surface area contributed by atoms with E-state index in [0.29, 0.717) is 17.0 Å². The highest BCUT2D eigenvalue weighted by molar-refractivity contribution is 7.90. The van der Waals surface area contributed by atoms with Gasteiger partial charge >= 0.3 is 0 Å². The Labute approximate surface area is 153 Å². The van der Waals surface area contributed by atoms with Crippen molar-refractivity contribution in [1.29, 1.82) is 0 Å². The van der Waals surface area contributed by atoms with Crippen LogP contribution < -0.4 is 10.2 Å². The number of aryl methyl sites for hydroxylation is 2. The number of nitrogens with zero attached hydrogens (tertiary/aromatic N) is 1. The number of sulfone groups is 1. The molecule has 2 rings (SSSR count). The van der Waals surface area contributed by atoms with Crippen LogP contribution in [0.15, 0.2) is 52.5 Å². The van der Waals surface area contributed by atoms with Gasteiger partial charge in [-0.25, -0.2) is 13.8 Å². The van der Waals surface area contributed by atoms with Crippen molar-refractivity contribution in [2.45, 2.75) is 25.7 Å². The first-order valence-corrected chi connectivity index (χ1v) is 9.90. The van der Waals surface area contributed by atoms with Gasteiger partial charge in [-0.15, -0.1) is 0 Å². The minimum Gasteiger partial charge on any atom is -0.483 e. The van der Waals surface area contributed by atoms with Gasteiger partial charge in [0.05, 0.1) is 10.6 Å². The molecule has 0 aromatic heterocycles. The summed E-state index contributed by atoms with van der Waals surface area (Å²) in [5.41, 5.74) is 5.64. The molecule has 0 unspecified atom stereocenters. The highest BCUT2D eigenvalue weighted by Crippen LogP contribution is 2.22. The van der Waals surface area contributed by atoms with Crippen LogP contribution in [0.25, 0.3) is 0 Å². The number of para-hydroxylation sites is 1. The van der Waals surface area contributed by atoms with E-state index in [1.807, 2.05) is 32.0 Å². The van der Waals surface area contributed by atoms with Crippen LogP contribution in [0, 0.1) is 13.8 Å². The first-order chi connectivity index (χ1) is 12.2. The van der Waals surface area contributed by atoms with Crippen LogP contribution in [-0.4, -0.2) is 32.9 Å². The third-order valence-corrected chi connectivity index (χ3v) is 4.93. The number of hydrazone groups is 1. The number of hydrogen-bond donors (Lipinski definition) is 1. The second kappa shape index (κ2) is 8.14. The molecule has 1 N–H and O–H groups in total. The van der Waals surface area contributed by atoms with E-state index in [-0.39, 0.29) is 17.4 Å². The predicted molar refractivity (Wildman–Crippen MR) is 101 cm³/mol. The summed E-state index contributed by atoms with van der Waals surface area (Å²) in [6.45, 7) is 5.42. The Bertz CT molecular complexity index is 912. The molecule has 0 fully saturated rings. The van der Waals surface area contributed by atoms with Gasteiger partial charge in [0, 0.05) is 6.26 Å². The molecule has 0 radical (unpaired) electrons. The number of amides is 1. The fourth-order valence-corrected chi connectivity index (χ4v) is 2.98. The van der Waals surface area contributed by atoms with E-state index in [1.54, 1.807) is 19.1 Å². The third-order valence-electron chi connectivity index (χ3n) is 3.80. The molecule has 26 heavy (non-hydrogen) atoms. The number of rotatable bonds is 6. The predicted octanol–water partition coefficient (Wildman–Crippen LogP) is 2.63. The van der Waals surface area contributed by atoms with Crippen LogP contribution >= 0.6 is 0 Å². The monoisotopic (exact) mass is 374 g/mol. The van der Waals surface area contributed by atoms with Gasteiger partial charge in [-0.3, -0.25) is 4.79 Å². The molecule has 0 aliphatic heterocycles. The molecule has 1 amide bonds. The van der Waals surface area contributed by atoms with E-state index >= 15 is 0 Å². The summed E-state index contributed by atoms with van der Waals surface area (Å²) in [6.07, 6.45) is 1.15. The van der Waals surface area contributed by atoms with Crippen molar-refractivity contribution in [1.82, 2.24) is 5.43 Å². The highest BCUT2D eigenvalue weighted by atomic mass is 32.2. The zero-order valence-corrected chi connectivity index (χ0v) is 16.1. The average Bonchev–Trinajstić information content (AvgIpc) is 2.58. The molecule has 0 aliphatic rings. The Morgan fingerprint density at radius 1 is 1.08 bits per heavy atom. The highest BCUT2D eigenvalue weighted by Gasteiger charge is 2.09. The Morgan fingerprint density at radius 3 is 2.19 bits per heavy atom. The van der Waals surface area contributed by atoms with Gasteiger partial charge in [0.2, 0.25) is 0 Å². The number of hydrogen-bond acceptors (Lipinski definition) is 5. The Morgan fingerprint density at radius 2 is 1.65 bits per heavy atom. The molecule has 2 aromatic rings. The summed E-state index contributed by atoms with van der Waals surface area (Å²) in [6, 6.07) is 12.1. The molecule has 0 atom stereocenters. The van der Waals surface area contributed by atoms with Crippen LogP contribution in [0.5, 0.6) is 5.75 Å². The maximum absolute atomic E-state index is 11.9. The molecule has 2 aromatic carbocycles. The Kier molecular flexibility index (Phi) is 6.15. The van der Waals surface area contributed by atoms with Crippen molar-refractivity contribution in [3.05, 3.63) is 59.2 Å². The molecule has 0 saturated heterocycles. The van der Waals surface area contributed by atoms with Gasteiger partial charge in [0.1, 0.15) is 5.75 Å². The van der Waals surface area contributed by atoms with E-state index in [9.17, 15) is 13.2 Å². The topological polar surface area (TPSA) is 84.8 Å². The van der Waals surface area contributed by atoms with Gasteiger partial charge in [-0.1, -0.05) is 30.3 Å². The van der Waals surface area contributed by atoms with Crippen LogP contribution in [0.2, 0.25) is 0 Å². The molecular weight excluding hydrogens is 352 g/mol. The van der Waals surface area contributed by atoms with Gasteiger partial charge < -0.3 is 4.74 Å². The second-order valence-electron chi connectivity index (χ2n) is 6.04. The SMILES string of the molecule is C/C(=N/NC(=O)COc1c(C)cccc1C)c1ccc(S(C)(=O)=O)cc1. The zero-order valence-electron chi connectivity index (χ0n) is 15.2. The number of benzene rings is 2. The van der Waals surface area contributed by atoms with E-state index < -0.39 is 9.84 Å². The third kappa shape index (κ3) is 5.16.